The third-order valence-corrected chi connectivity index (χ3v) is 4.61. The monoisotopic (exact) mass is 438 g/mol. The second-order valence-corrected chi connectivity index (χ2v) is 7.27. The van der Waals surface area contributed by atoms with Crippen molar-refractivity contribution < 1.29 is 29.0 Å². The number of carbonyl (C=O) groups excluding carboxylic acids is 1. The Morgan fingerprint density at radius 1 is 1.35 bits per heavy atom. The van der Waals surface area contributed by atoms with E-state index >= 15 is 0 Å². The molecule has 3 N–H and O–H groups in total. The summed E-state index contributed by atoms with van der Waals surface area (Å²) in [6, 6.07) is 2.86. The quantitative estimate of drug-likeness (QED) is 0.237. The molecule has 1 aromatic rings. The van der Waals surface area contributed by atoms with Gasteiger partial charge in [0.1, 0.15) is 12.0 Å². The van der Waals surface area contributed by atoms with E-state index in [-0.39, 0.29) is 36.5 Å². The van der Waals surface area contributed by atoms with Crippen LogP contribution < -0.4 is 10.6 Å². The van der Waals surface area contributed by atoms with Crippen molar-refractivity contribution in [3.63, 3.8) is 0 Å². The fraction of sp³-hybridized carbons (Fsp3) is 0.600. The molecule has 0 unspecified atom stereocenters. The first-order chi connectivity index (χ1) is 14.9. The summed E-state index contributed by atoms with van der Waals surface area (Å²) in [6.45, 7) is 5.69. The van der Waals surface area contributed by atoms with Crippen molar-refractivity contribution >= 4 is 17.4 Å². The van der Waals surface area contributed by atoms with Gasteiger partial charge >= 0.3 is 0 Å². The molecule has 11 nitrogen and oxygen atoms in total. The van der Waals surface area contributed by atoms with Gasteiger partial charge in [-0.25, -0.2) is 4.98 Å². The number of nitrogens with one attached hydrogen (secondary N) is 2. The Kier molecular flexibility index (Phi) is 10.1. The number of hydrogen-bond acceptors (Lipinski definition) is 9. The van der Waals surface area contributed by atoms with E-state index in [9.17, 15) is 14.9 Å². The molecule has 2 atom stereocenters. The number of aliphatic hydroxyl groups excluding tert-OH is 1. The van der Waals surface area contributed by atoms with Crippen LogP contribution in [0.2, 0.25) is 0 Å². The van der Waals surface area contributed by atoms with Crippen LogP contribution in [0.25, 0.3) is 0 Å². The maximum atomic E-state index is 12.5. The smallest absolute Gasteiger partial charge is 0.287 e. The summed E-state index contributed by atoms with van der Waals surface area (Å²) in [5.41, 5.74) is -0.0864. The molecule has 0 aliphatic carbocycles. The molecule has 1 aromatic heterocycles. The molecule has 1 aliphatic rings. The fourth-order valence-electron chi connectivity index (χ4n) is 2.87. The van der Waals surface area contributed by atoms with Crippen LogP contribution in [-0.4, -0.2) is 66.7 Å². The average molecular weight is 438 g/mol. The van der Waals surface area contributed by atoms with Gasteiger partial charge < -0.3 is 30.0 Å². The maximum absolute atomic E-state index is 12.5. The molecule has 31 heavy (non-hydrogen) atoms. The molecule has 0 radical (unpaired) electrons. The molecule has 1 amide bonds. The van der Waals surface area contributed by atoms with E-state index in [0.717, 1.165) is 0 Å². The Morgan fingerprint density at radius 3 is 2.81 bits per heavy atom. The van der Waals surface area contributed by atoms with Gasteiger partial charge in [-0.2, -0.15) is 0 Å². The molecular formula is C20H30N4O7. The zero-order valence-corrected chi connectivity index (χ0v) is 17.8. The highest BCUT2D eigenvalue weighted by molar-refractivity contribution is 5.91. The predicted molar refractivity (Wildman–Crippen MR) is 112 cm³/mol. The van der Waals surface area contributed by atoms with Gasteiger partial charge in [-0.3, -0.25) is 14.9 Å². The molecule has 2 rings (SSSR count). The summed E-state index contributed by atoms with van der Waals surface area (Å²) < 4.78 is 16.6. The van der Waals surface area contributed by atoms with Crippen molar-refractivity contribution in [1.82, 2.24) is 10.3 Å². The number of pyridine rings is 1. The van der Waals surface area contributed by atoms with E-state index in [1.165, 1.54) is 18.3 Å². The lowest BCUT2D eigenvalue weighted by Crippen LogP contribution is -2.36. The standard InChI is InChI=1S/C20H30N4O7/c1-14(2)15-11-17(31-19(12-15)30-10-9-29-8-7-25)20(26)22-6-5-21-18-4-3-16(13-23-18)24(27)28/h3-4,11,13-15,19,25H,5-10,12H2,1-2H3,(H,21,23)(H,22,26)/t15-,19+/m0/s1. The zero-order chi connectivity index (χ0) is 22.6. The predicted octanol–water partition coefficient (Wildman–Crippen LogP) is 1.45. The van der Waals surface area contributed by atoms with Crippen LogP contribution in [0.4, 0.5) is 11.5 Å². The number of nitrogens with zero attached hydrogens (tertiary/aromatic N) is 2. The molecular weight excluding hydrogens is 408 g/mol. The Balaban J connectivity index is 1.79. The van der Waals surface area contributed by atoms with Crippen molar-refractivity contribution in [2.24, 2.45) is 11.8 Å². The first-order valence-electron chi connectivity index (χ1n) is 10.2. The number of amides is 1. The average Bonchev–Trinajstić information content (AvgIpc) is 2.76. The van der Waals surface area contributed by atoms with E-state index in [0.29, 0.717) is 44.5 Å². The number of aliphatic hydroxyl groups is 1. The Bertz CT molecular complexity index is 740. The van der Waals surface area contributed by atoms with Crippen LogP contribution in [0, 0.1) is 22.0 Å². The highest BCUT2D eigenvalue weighted by Gasteiger charge is 2.29. The molecule has 1 aliphatic heterocycles. The van der Waals surface area contributed by atoms with Crippen molar-refractivity contribution in [2.75, 3.05) is 44.8 Å². The lowest BCUT2D eigenvalue weighted by atomic mass is 9.90. The van der Waals surface area contributed by atoms with Gasteiger partial charge in [-0.1, -0.05) is 13.8 Å². The second-order valence-electron chi connectivity index (χ2n) is 7.27. The van der Waals surface area contributed by atoms with Gasteiger partial charge in [0, 0.05) is 25.6 Å². The molecule has 0 saturated heterocycles. The van der Waals surface area contributed by atoms with E-state index < -0.39 is 11.2 Å². The molecule has 2 heterocycles. The Morgan fingerprint density at radius 2 is 2.16 bits per heavy atom. The van der Waals surface area contributed by atoms with Crippen LogP contribution in [0.3, 0.4) is 0 Å². The minimum Gasteiger partial charge on any atom is -0.459 e. The lowest BCUT2D eigenvalue weighted by molar-refractivity contribution is -0.385. The van der Waals surface area contributed by atoms with E-state index in [4.69, 9.17) is 19.3 Å². The number of allylic oxidation sites excluding steroid dienone is 1. The van der Waals surface area contributed by atoms with Crippen LogP contribution in [0.1, 0.15) is 20.3 Å². The second kappa shape index (κ2) is 12.8. The number of nitro groups is 1. The summed E-state index contributed by atoms with van der Waals surface area (Å²) in [5, 5.41) is 25.1. The van der Waals surface area contributed by atoms with Crippen molar-refractivity contribution in [3.05, 3.63) is 40.3 Å². The van der Waals surface area contributed by atoms with Gasteiger partial charge in [-0.15, -0.1) is 0 Å². The summed E-state index contributed by atoms with van der Waals surface area (Å²) >= 11 is 0. The van der Waals surface area contributed by atoms with Gasteiger partial charge in [0.25, 0.3) is 11.6 Å². The maximum Gasteiger partial charge on any atom is 0.287 e. The minimum atomic E-state index is -0.543. The number of carbonyl (C=O) groups is 1. The highest BCUT2D eigenvalue weighted by Crippen LogP contribution is 2.28. The number of aromatic nitrogens is 1. The zero-order valence-electron chi connectivity index (χ0n) is 17.8. The molecule has 11 heteroatoms. The molecule has 0 bridgehead atoms. The van der Waals surface area contributed by atoms with E-state index in [1.54, 1.807) is 0 Å². The summed E-state index contributed by atoms with van der Waals surface area (Å²) in [7, 11) is 0. The molecule has 172 valence electrons. The Hall–Kier alpha value is -2.76. The summed E-state index contributed by atoms with van der Waals surface area (Å²) in [4.78, 5) is 26.6. The molecule has 0 spiro atoms. The van der Waals surface area contributed by atoms with Gasteiger partial charge in [0.2, 0.25) is 6.29 Å². The largest absolute Gasteiger partial charge is 0.459 e. The first-order valence-corrected chi connectivity index (χ1v) is 10.2. The van der Waals surface area contributed by atoms with Crippen LogP contribution in [0.5, 0.6) is 0 Å². The SMILES string of the molecule is CC(C)[C@H]1C=C(C(=O)NCCNc2ccc([N+](=O)[O-])cn2)O[C@@H](OCCOCCO)C1. The topological polar surface area (TPSA) is 145 Å². The molecule has 0 aromatic carbocycles. The molecule has 0 fully saturated rings. The van der Waals surface area contributed by atoms with Crippen molar-refractivity contribution in [2.45, 2.75) is 26.6 Å². The fourth-order valence-corrected chi connectivity index (χ4v) is 2.87. The van der Waals surface area contributed by atoms with Crippen LogP contribution >= 0.6 is 0 Å². The third kappa shape index (κ3) is 8.48. The van der Waals surface area contributed by atoms with Crippen molar-refractivity contribution in [1.29, 1.82) is 0 Å². The van der Waals surface area contributed by atoms with Crippen molar-refractivity contribution in [3.8, 4) is 0 Å². The normalized spacial score (nSPS) is 18.3. The minimum absolute atomic E-state index is 0.0441. The van der Waals surface area contributed by atoms with Crippen LogP contribution in [0.15, 0.2) is 30.2 Å². The summed E-state index contributed by atoms with van der Waals surface area (Å²) in [5.74, 6) is 0.817. The summed E-state index contributed by atoms with van der Waals surface area (Å²) in [6.07, 6.45) is 3.09. The van der Waals surface area contributed by atoms with Crippen LogP contribution in [-0.2, 0) is 19.0 Å². The highest BCUT2D eigenvalue weighted by atomic mass is 16.7. The van der Waals surface area contributed by atoms with Gasteiger partial charge in [0.05, 0.1) is 31.4 Å². The first kappa shape index (κ1) is 24.5. The number of ether oxygens (including phenoxy) is 3. The van der Waals surface area contributed by atoms with Gasteiger partial charge in [0.15, 0.2) is 5.76 Å². The van der Waals surface area contributed by atoms with E-state index in [1.807, 2.05) is 6.08 Å². The van der Waals surface area contributed by atoms with E-state index in [2.05, 4.69) is 29.5 Å². The molecule has 0 saturated carbocycles. The Labute approximate surface area is 180 Å². The number of hydrogen-bond donors (Lipinski definition) is 3. The lowest BCUT2D eigenvalue weighted by Gasteiger charge is -2.30. The third-order valence-electron chi connectivity index (χ3n) is 4.61. The number of rotatable bonds is 13. The van der Waals surface area contributed by atoms with Gasteiger partial charge in [-0.05, 0) is 24.0 Å². The number of anilines is 1.